The second-order valence-electron chi connectivity index (χ2n) is 2.86. The molecule has 0 aromatic heterocycles. The second kappa shape index (κ2) is 9.08. The molecular formula is C10H18N2O. The molecule has 3 nitrogen and oxygen atoms in total. The van der Waals surface area contributed by atoms with E-state index >= 15 is 0 Å². The molecule has 0 radical (unpaired) electrons. The van der Waals surface area contributed by atoms with Gasteiger partial charge in [-0.1, -0.05) is 25.7 Å². The molecule has 0 heterocycles. The van der Waals surface area contributed by atoms with Crippen LogP contribution in [0.25, 0.3) is 0 Å². The Balaban J connectivity index is 3.16. The van der Waals surface area contributed by atoms with Crippen molar-refractivity contribution in [2.75, 3.05) is 19.6 Å². The van der Waals surface area contributed by atoms with Gasteiger partial charge in [0.1, 0.15) is 0 Å². The number of carbonyl (C=O) groups excluding carboxylic acids is 1. The van der Waals surface area contributed by atoms with Gasteiger partial charge in [0.25, 0.3) is 0 Å². The van der Waals surface area contributed by atoms with E-state index in [2.05, 4.69) is 23.5 Å². The lowest BCUT2D eigenvalue weighted by Crippen LogP contribution is -2.34. The van der Waals surface area contributed by atoms with E-state index in [1.165, 1.54) is 6.42 Å². The minimum atomic E-state index is 0.0198. The number of hydrogen-bond acceptors (Lipinski definition) is 2. The molecule has 13 heavy (non-hydrogen) atoms. The van der Waals surface area contributed by atoms with Gasteiger partial charge in [0, 0.05) is 6.54 Å². The number of amides is 1. The fraction of sp³-hybridized carbons (Fsp3) is 0.700. The Hall–Kier alpha value is -1.01. The first-order valence-electron chi connectivity index (χ1n) is 4.72. The molecule has 0 aliphatic carbocycles. The summed E-state index contributed by atoms with van der Waals surface area (Å²) in [5, 5.41) is 5.63. The maximum Gasteiger partial charge on any atom is 0.233 e. The molecule has 0 rings (SSSR count). The summed E-state index contributed by atoms with van der Waals surface area (Å²) in [6.45, 7) is 3.67. The molecule has 0 saturated heterocycles. The molecule has 0 fully saturated rings. The van der Waals surface area contributed by atoms with E-state index in [1.807, 2.05) is 0 Å². The first-order valence-corrected chi connectivity index (χ1v) is 4.72. The molecule has 1 amide bonds. The van der Waals surface area contributed by atoms with Gasteiger partial charge in [0.2, 0.25) is 5.91 Å². The predicted octanol–water partition coefficient (Wildman–Crippen LogP) is 0.516. The van der Waals surface area contributed by atoms with E-state index in [9.17, 15) is 4.79 Å². The third-order valence-corrected chi connectivity index (χ3v) is 1.62. The highest BCUT2D eigenvalue weighted by Crippen LogP contribution is 1.90. The van der Waals surface area contributed by atoms with Crippen molar-refractivity contribution in [2.24, 2.45) is 0 Å². The average molecular weight is 182 g/mol. The smallest absolute Gasteiger partial charge is 0.233 e. The Kier molecular flexibility index (Phi) is 8.38. The van der Waals surface area contributed by atoms with Gasteiger partial charge in [-0.3, -0.25) is 10.1 Å². The van der Waals surface area contributed by atoms with Gasteiger partial charge in [-0.05, 0) is 6.42 Å². The highest BCUT2D eigenvalue weighted by molar-refractivity contribution is 5.77. The Morgan fingerprint density at radius 1 is 1.46 bits per heavy atom. The Morgan fingerprint density at radius 3 is 2.85 bits per heavy atom. The van der Waals surface area contributed by atoms with Crippen LogP contribution >= 0.6 is 0 Å². The monoisotopic (exact) mass is 182 g/mol. The molecule has 0 unspecified atom stereocenters. The largest absolute Gasteiger partial charge is 0.355 e. The predicted molar refractivity (Wildman–Crippen MR) is 54.2 cm³/mol. The van der Waals surface area contributed by atoms with Crippen LogP contribution in [0.3, 0.4) is 0 Å². The van der Waals surface area contributed by atoms with E-state index in [-0.39, 0.29) is 5.91 Å². The summed E-state index contributed by atoms with van der Waals surface area (Å²) < 4.78 is 0. The van der Waals surface area contributed by atoms with E-state index in [1.54, 1.807) is 0 Å². The van der Waals surface area contributed by atoms with Gasteiger partial charge >= 0.3 is 0 Å². The molecule has 0 atom stereocenters. The molecule has 0 aliphatic rings. The van der Waals surface area contributed by atoms with Gasteiger partial charge in [-0.15, -0.1) is 6.42 Å². The van der Waals surface area contributed by atoms with Crippen molar-refractivity contribution in [1.82, 2.24) is 10.6 Å². The van der Waals surface area contributed by atoms with Crippen LogP contribution < -0.4 is 10.6 Å². The number of rotatable bonds is 7. The Labute approximate surface area is 80.3 Å². The molecule has 3 heteroatoms. The minimum absolute atomic E-state index is 0.0198. The standard InChI is InChI=1S/C10H18N2O/c1-3-5-6-8-12-10(13)9-11-7-4-2/h2,11H,3,5-9H2,1H3,(H,12,13). The number of terminal acetylenes is 1. The van der Waals surface area contributed by atoms with Crippen molar-refractivity contribution >= 4 is 5.91 Å². The summed E-state index contributed by atoms with van der Waals surface area (Å²) in [5.74, 6) is 2.43. The zero-order valence-electron chi connectivity index (χ0n) is 8.23. The Morgan fingerprint density at radius 2 is 2.23 bits per heavy atom. The van der Waals surface area contributed by atoms with E-state index in [0.717, 1.165) is 19.4 Å². The summed E-state index contributed by atoms with van der Waals surface area (Å²) in [4.78, 5) is 11.0. The summed E-state index contributed by atoms with van der Waals surface area (Å²) in [6.07, 6.45) is 8.40. The maximum absolute atomic E-state index is 11.0. The molecular weight excluding hydrogens is 164 g/mol. The van der Waals surface area contributed by atoms with Crippen molar-refractivity contribution < 1.29 is 4.79 Å². The fourth-order valence-electron chi connectivity index (χ4n) is 0.914. The number of nitrogens with one attached hydrogen (secondary N) is 2. The van der Waals surface area contributed by atoms with Crippen LogP contribution in [0.5, 0.6) is 0 Å². The molecule has 0 aromatic carbocycles. The molecule has 0 bridgehead atoms. The molecule has 0 aromatic rings. The van der Waals surface area contributed by atoms with Gasteiger partial charge < -0.3 is 5.32 Å². The molecule has 0 saturated carbocycles. The van der Waals surface area contributed by atoms with E-state index in [0.29, 0.717) is 13.1 Å². The molecule has 2 N–H and O–H groups in total. The zero-order valence-corrected chi connectivity index (χ0v) is 8.23. The van der Waals surface area contributed by atoms with Crippen LogP contribution in [-0.4, -0.2) is 25.5 Å². The van der Waals surface area contributed by atoms with E-state index < -0.39 is 0 Å². The summed E-state index contributed by atoms with van der Waals surface area (Å²) in [5.41, 5.74) is 0. The van der Waals surface area contributed by atoms with Gasteiger partial charge in [-0.25, -0.2) is 0 Å². The normalized spacial score (nSPS) is 9.23. The van der Waals surface area contributed by atoms with Crippen LogP contribution in [0.4, 0.5) is 0 Å². The van der Waals surface area contributed by atoms with Crippen molar-refractivity contribution in [3.05, 3.63) is 0 Å². The van der Waals surface area contributed by atoms with Gasteiger partial charge in [0.05, 0.1) is 13.1 Å². The van der Waals surface area contributed by atoms with Crippen LogP contribution in [0, 0.1) is 12.3 Å². The Bertz CT molecular complexity index is 172. The zero-order chi connectivity index (χ0) is 9.94. The van der Waals surface area contributed by atoms with Crippen LogP contribution in [0.2, 0.25) is 0 Å². The lowest BCUT2D eigenvalue weighted by molar-refractivity contribution is -0.120. The quantitative estimate of drug-likeness (QED) is 0.445. The minimum Gasteiger partial charge on any atom is -0.355 e. The first-order chi connectivity index (χ1) is 6.31. The van der Waals surface area contributed by atoms with Crippen molar-refractivity contribution in [2.45, 2.75) is 26.2 Å². The summed E-state index contributed by atoms with van der Waals surface area (Å²) >= 11 is 0. The lowest BCUT2D eigenvalue weighted by atomic mass is 10.2. The van der Waals surface area contributed by atoms with Crippen molar-refractivity contribution in [1.29, 1.82) is 0 Å². The third-order valence-electron chi connectivity index (χ3n) is 1.62. The fourth-order valence-corrected chi connectivity index (χ4v) is 0.914. The summed E-state index contributed by atoms with van der Waals surface area (Å²) in [7, 11) is 0. The SMILES string of the molecule is C#CCNCC(=O)NCCCCC. The van der Waals surface area contributed by atoms with Crippen LogP contribution in [0.15, 0.2) is 0 Å². The van der Waals surface area contributed by atoms with Gasteiger partial charge in [0.15, 0.2) is 0 Å². The first kappa shape index (κ1) is 12.0. The van der Waals surface area contributed by atoms with Crippen molar-refractivity contribution in [3.63, 3.8) is 0 Å². The highest BCUT2D eigenvalue weighted by atomic mass is 16.1. The number of unbranched alkanes of at least 4 members (excludes halogenated alkanes) is 2. The topological polar surface area (TPSA) is 41.1 Å². The number of hydrogen-bond donors (Lipinski definition) is 2. The average Bonchev–Trinajstić information content (AvgIpc) is 2.13. The number of carbonyl (C=O) groups is 1. The van der Waals surface area contributed by atoms with Gasteiger partial charge in [-0.2, -0.15) is 0 Å². The van der Waals surface area contributed by atoms with Crippen LogP contribution in [-0.2, 0) is 4.79 Å². The maximum atomic E-state index is 11.0. The lowest BCUT2D eigenvalue weighted by Gasteiger charge is -2.03. The van der Waals surface area contributed by atoms with Crippen LogP contribution in [0.1, 0.15) is 26.2 Å². The van der Waals surface area contributed by atoms with Crippen molar-refractivity contribution in [3.8, 4) is 12.3 Å². The second-order valence-corrected chi connectivity index (χ2v) is 2.86. The highest BCUT2D eigenvalue weighted by Gasteiger charge is 1.97. The van der Waals surface area contributed by atoms with E-state index in [4.69, 9.17) is 6.42 Å². The summed E-state index contributed by atoms with van der Waals surface area (Å²) in [6, 6.07) is 0. The molecule has 74 valence electrons. The molecule has 0 spiro atoms. The molecule has 0 aliphatic heterocycles. The third kappa shape index (κ3) is 8.90.